The van der Waals surface area contributed by atoms with Crippen molar-refractivity contribution in [1.82, 2.24) is 5.32 Å². The fourth-order valence-electron chi connectivity index (χ4n) is 3.23. The van der Waals surface area contributed by atoms with Gasteiger partial charge in [-0.3, -0.25) is 4.79 Å². The van der Waals surface area contributed by atoms with Crippen molar-refractivity contribution in [2.75, 3.05) is 0 Å². The number of benzene rings is 3. The molecule has 0 aliphatic carbocycles. The summed E-state index contributed by atoms with van der Waals surface area (Å²) in [4.78, 5) is 12.7. The fourth-order valence-corrected chi connectivity index (χ4v) is 3.49. The van der Waals surface area contributed by atoms with Crippen molar-refractivity contribution in [3.8, 4) is 5.75 Å². The molecule has 0 aliphatic rings. The zero-order valence-corrected chi connectivity index (χ0v) is 19.3. The highest BCUT2D eigenvalue weighted by atomic mass is 79.9. The smallest absolute Gasteiger partial charge is 0.251 e. The predicted octanol–water partition coefficient (Wildman–Crippen LogP) is 7.03. The topological polar surface area (TPSA) is 38.3 Å². The standard InChI is InChI=1S/C26H28BrNO2/c1-4-25(21-11-9-20(10-12-21)18(2)3)28-26(29)22-7-5-19(6-8-22)17-30-24-15-13-23(27)14-16-24/h5-16,18,25H,4,17H2,1-3H3,(H,28,29). The Morgan fingerprint density at radius 3 is 2.07 bits per heavy atom. The van der Waals surface area contributed by atoms with E-state index in [0.29, 0.717) is 18.1 Å². The number of carbonyl (C=O) groups is 1. The zero-order valence-electron chi connectivity index (χ0n) is 17.7. The molecule has 1 amide bonds. The minimum absolute atomic E-state index is 0.000809. The summed E-state index contributed by atoms with van der Waals surface area (Å²) in [7, 11) is 0. The molecule has 0 bridgehead atoms. The molecule has 0 heterocycles. The van der Waals surface area contributed by atoms with Crippen LogP contribution in [0.15, 0.2) is 77.3 Å². The second-order valence-corrected chi connectivity index (χ2v) is 8.61. The molecule has 0 saturated carbocycles. The number of nitrogens with one attached hydrogen (secondary N) is 1. The van der Waals surface area contributed by atoms with Crippen LogP contribution in [0.5, 0.6) is 5.75 Å². The molecule has 0 aromatic heterocycles. The number of rotatable bonds is 8. The lowest BCUT2D eigenvalue weighted by atomic mass is 9.98. The molecule has 156 valence electrons. The van der Waals surface area contributed by atoms with E-state index in [1.54, 1.807) is 0 Å². The Morgan fingerprint density at radius 1 is 0.900 bits per heavy atom. The van der Waals surface area contributed by atoms with Crippen LogP contribution in [0.4, 0.5) is 0 Å². The molecule has 3 rings (SSSR count). The van der Waals surface area contributed by atoms with E-state index in [1.165, 1.54) is 5.56 Å². The highest BCUT2D eigenvalue weighted by molar-refractivity contribution is 9.10. The molecule has 3 aromatic rings. The molecule has 4 heteroatoms. The van der Waals surface area contributed by atoms with Gasteiger partial charge in [0.25, 0.3) is 5.91 Å². The first kappa shape index (κ1) is 22.1. The summed E-state index contributed by atoms with van der Waals surface area (Å²) in [5.74, 6) is 1.25. The van der Waals surface area contributed by atoms with E-state index < -0.39 is 0 Å². The summed E-state index contributed by atoms with van der Waals surface area (Å²) >= 11 is 3.42. The number of hydrogen-bond donors (Lipinski definition) is 1. The normalized spacial score (nSPS) is 11.9. The molecule has 1 N–H and O–H groups in total. The highest BCUT2D eigenvalue weighted by Gasteiger charge is 2.14. The molecular weight excluding hydrogens is 438 g/mol. The lowest BCUT2D eigenvalue weighted by Crippen LogP contribution is -2.28. The number of amides is 1. The molecule has 3 nitrogen and oxygen atoms in total. The van der Waals surface area contributed by atoms with Crippen molar-refractivity contribution in [3.05, 3.63) is 99.5 Å². The van der Waals surface area contributed by atoms with Gasteiger partial charge in [0.05, 0.1) is 6.04 Å². The summed E-state index contributed by atoms with van der Waals surface area (Å²) in [5.41, 5.74) is 4.11. The third kappa shape index (κ3) is 5.96. The van der Waals surface area contributed by atoms with Gasteiger partial charge in [-0.05, 0) is 65.4 Å². The van der Waals surface area contributed by atoms with Crippen molar-refractivity contribution < 1.29 is 9.53 Å². The van der Waals surface area contributed by atoms with Crippen LogP contribution in [0.2, 0.25) is 0 Å². The quantitative estimate of drug-likeness (QED) is 0.387. The number of carbonyl (C=O) groups excluding carboxylic acids is 1. The predicted molar refractivity (Wildman–Crippen MR) is 126 cm³/mol. The zero-order chi connectivity index (χ0) is 21.5. The van der Waals surface area contributed by atoms with Crippen LogP contribution in [0, 0.1) is 0 Å². The number of halogens is 1. The first-order valence-corrected chi connectivity index (χ1v) is 11.1. The van der Waals surface area contributed by atoms with Crippen LogP contribution in [-0.2, 0) is 6.61 Å². The third-order valence-electron chi connectivity index (χ3n) is 5.15. The molecule has 30 heavy (non-hydrogen) atoms. The van der Waals surface area contributed by atoms with E-state index in [1.807, 2.05) is 48.5 Å². The maximum absolute atomic E-state index is 12.7. The lowest BCUT2D eigenvalue weighted by Gasteiger charge is -2.18. The molecule has 1 unspecified atom stereocenters. The Morgan fingerprint density at radius 2 is 1.50 bits per heavy atom. The van der Waals surface area contributed by atoms with Gasteiger partial charge in [0.2, 0.25) is 0 Å². The Kier molecular flexibility index (Phi) is 7.69. The van der Waals surface area contributed by atoms with Crippen LogP contribution in [0.3, 0.4) is 0 Å². The summed E-state index contributed by atoms with van der Waals surface area (Å²) in [6, 6.07) is 23.8. The fraction of sp³-hybridized carbons (Fsp3) is 0.269. The van der Waals surface area contributed by atoms with E-state index in [-0.39, 0.29) is 11.9 Å². The lowest BCUT2D eigenvalue weighted by molar-refractivity contribution is 0.0935. The number of ether oxygens (including phenoxy) is 1. The summed E-state index contributed by atoms with van der Waals surface area (Å²) in [6.07, 6.45) is 0.839. The van der Waals surface area contributed by atoms with Gasteiger partial charge in [0.15, 0.2) is 0 Å². The van der Waals surface area contributed by atoms with Gasteiger partial charge < -0.3 is 10.1 Å². The molecule has 0 spiro atoms. The average Bonchev–Trinajstić information content (AvgIpc) is 2.77. The van der Waals surface area contributed by atoms with E-state index in [2.05, 4.69) is 66.3 Å². The second kappa shape index (κ2) is 10.4. The SMILES string of the molecule is CCC(NC(=O)c1ccc(COc2ccc(Br)cc2)cc1)c1ccc(C(C)C)cc1. The van der Waals surface area contributed by atoms with E-state index in [0.717, 1.165) is 27.8 Å². The minimum atomic E-state index is -0.0600. The third-order valence-corrected chi connectivity index (χ3v) is 5.68. The van der Waals surface area contributed by atoms with Crippen molar-refractivity contribution >= 4 is 21.8 Å². The van der Waals surface area contributed by atoms with E-state index >= 15 is 0 Å². The molecular formula is C26H28BrNO2. The van der Waals surface area contributed by atoms with Gasteiger partial charge >= 0.3 is 0 Å². The van der Waals surface area contributed by atoms with Crippen molar-refractivity contribution in [2.24, 2.45) is 0 Å². The molecule has 0 fully saturated rings. The van der Waals surface area contributed by atoms with E-state index in [4.69, 9.17) is 4.74 Å². The monoisotopic (exact) mass is 465 g/mol. The number of hydrogen-bond acceptors (Lipinski definition) is 2. The van der Waals surface area contributed by atoms with E-state index in [9.17, 15) is 4.79 Å². The maximum atomic E-state index is 12.7. The molecule has 3 aromatic carbocycles. The van der Waals surface area contributed by atoms with Crippen molar-refractivity contribution in [1.29, 1.82) is 0 Å². The Bertz CT molecular complexity index is 948. The van der Waals surface area contributed by atoms with Crippen LogP contribution in [0.25, 0.3) is 0 Å². The molecule has 0 aliphatic heterocycles. The van der Waals surface area contributed by atoms with Gasteiger partial charge in [-0.1, -0.05) is 73.1 Å². The van der Waals surface area contributed by atoms with Crippen LogP contribution in [-0.4, -0.2) is 5.91 Å². The first-order chi connectivity index (χ1) is 14.5. The van der Waals surface area contributed by atoms with Gasteiger partial charge in [0, 0.05) is 10.0 Å². The van der Waals surface area contributed by atoms with Gasteiger partial charge in [0.1, 0.15) is 12.4 Å². The highest BCUT2D eigenvalue weighted by Crippen LogP contribution is 2.22. The van der Waals surface area contributed by atoms with Crippen LogP contribution >= 0.6 is 15.9 Å². The maximum Gasteiger partial charge on any atom is 0.251 e. The first-order valence-electron chi connectivity index (χ1n) is 10.3. The van der Waals surface area contributed by atoms with Crippen LogP contribution < -0.4 is 10.1 Å². The average molecular weight is 466 g/mol. The van der Waals surface area contributed by atoms with Crippen LogP contribution in [0.1, 0.15) is 66.2 Å². The van der Waals surface area contributed by atoms with Gasteiger partial charge in [-0.2, -0.15) is 0 Å². The van der Waals surface area contributed by atoms with Gasteiger partial charge in [-0.15, -0.1) is 0 Å². The largest absolute Gasteiger partial charge is 0.489 e. The molecule has 0 saturated heterocycles. The molecule has 0 radical (unpaired) electrons. The summed E-state index contributed by atoms with van der Waals surface area (Å²) in [6.45, 7) is 6.91. The summed E-state index contributed by atoms with van der Waals surface area (Å²) < 4.78 is 6.81. The Labute approximate surface area is 187 Å². The molecule has 1 atom stereocenters. The van der Waals surface area contributed by atoms with Gasteiger partial charge in [-0.25, -0.2) is 0 Å². The summed E-state index contributed by atoms with van der Waals surface area (Å²) in [5, 5.41) is 3.16. The Hall–Kier alpha value is -2.59. The minimum Gasteiger partial charge on any atom is -0.489 e. The van der Waals surface area contributed by atoms with Crippen molar-refractivity contribution in [2.45, 2.75) is 45.8 Å². The van der Waals surface area contributed by atoms with Crippen molar-refractivity contribution in [3.63, 3.8) is 0 Å². The second-order valence-electron chi connectivity index (χ2n) is 7.70. The Balaban J connectivity index is 1.59.